The largest absolute Gasteiger partial charge is 0.267 e. The Balaban J connectivity index is 3.15. The normalized spacial score (nSPS) is 11.7. The highest BCUT2D eigenvalue weighted by molar-refractivity contribution is 9.10. The van der Waals surface area contributed by atoms with Gasteiger partial charge in [-0.15, -0.1) is 0 Å². The number of nitrogens with zero attached hydrogens (tertiary/aromatic N) is 2. The average molecular weight is 282 g/mol. The van der Waals surface area contributed by atoms with Crippen molar-refractivity contribution in [2.45, 2.75) is 13.3 Å². The summed E-state index contributed by atoms with van der Waals surface area (Å²) in [7, 11) is -1.57. The number of anilines is 1. The zero-order valence-electron chi connectivity index (χ0n) is 8.20. The van der Waals surface area contributed by atoms with E-state index in [0.29, 0.717) is 10.3 Å². The van der Waals surface area contributed by atoms with Crippen molar-refractivity contribution in [3.8, 4) is 0 Å². The predicted octanol–water partition coefficient (Wildman–Crippen LogP) is 1.12. The van der Waals surface area contributed by atoms with Crippen LogP contribution >= 0.6 is 15.9 Å². The lowest BCUT2D eigenvalue weighted by molar-refractivity contribution is 0.605. The standard InChI is InChI=1S/C7H12BrN3O2S/c1-4-5-6(8)7(11(2)9-5)10-14(3,12)13/h10H,4H2,1-3H3. The molecule has 1 rings (SSSR count). The Morgan fingerprint density at radius 3 is 2.50 bits per heavy atom. The molecule has 0 saturated heterocycles. The summed E-state index contributed by atoms with van der Waals surface area (Å²) < 4.78 is 26.7. The van der Waals surface area contributed by atoms with Crippen LogP contribution in [0.1, 0.15) is 12.6 Å². The SMILES string of the molecule is CCc1nn(C)c(NS(C)(=O)=O)c1Br. The minimum absolute atomic E-state index is 0.462. The minimum atomic E-state index is -3.26. The molecule has 0 spiro atoms. The Morgan fingerprint density at radius 1 is 1.57 bits per heavy atom. The van der Waals surface area contributed by atoms with Crippen molar-refractivity contribution in [2.24, 2.45) is 7.05 Å². The fraction of sp³-hybridized carbons (Fsp3) is 0.571. The maximum atomic E-state index is 11.0. The van der Waals surface area contributed by atoms with Crippen molar-refractivity contribution >= 4 is 31.8 Å². The second-order valence-corrected chi connectivity index (χ2v) is 5.50. The van der Waals surface area contributed by atoms with Gasteiger partial charge in [0.05, 0.1) is 16.4 Å². The number of hydrogen-bond acceptors (Lipinski definition) is 3. The molecule has 1 heterocycles. The number of nitrogens with one attached hydrogen (secondary N) is 1. The molecule has 1 aromatic heterocycles. The smallest absolute Gasteiger partial charge is 0.230 e. The number of sulfonamides is 1. The maximum Gasteiger partial charge on any atom is 0.230 e. The molecule has 0 aliphatic carbocycles. The molecule has 0 unspecified atom stereocenters. The van der Waals surface area contributed by atoms with Crippen LogP contribution in [0.5, 0.6) is 0 Å². The Hall–Kier alpha value is -0.560. The summed E-state index contributed by atoms with van der Waals surface area (Å²) in [6.07, 6.45) is 1.86. The van der Waals surface area contributed by atoms with Crippen LogP contribution < -0.4 is 4.72 Å². The molecule has 0 radical (unpaired) electrons. The number of hydrogen-bond donors (Lipinski definition) is 1. The third-order valence-corrected chi connectivity index (χ3v) is 3.07. The van der Waals surface area contributed by atoms with Gasteiger partial charge in [-0.1, -0.05) is 6.92 Å². The summed E-state index contributed by atoms with van der Waals surface area (Å²) in [5.41, 5.74) is 0.832. The van der Waals surface area contributed by atoms with E-state index in [4.69, 9.17) is 0 Å². The van der Waals surface area contributed by atoms with E-state index < -0.39 is 10.0 Å². The molecular weight excluding hydrogens is 270 g/mol. The monoisotopic (exact) mass is 281 g/mol. The summed E-state index contributed by atoms with van der Waals surface area (Å²) in [6.45, 7) is 1.96. The third-order valence-electron chi connectivity index (χ3n) is 1.67. The molecule has 5 nitrogen and oxygen atoms in total. The first-order valence-corrected chi connectivity index (χ1v) is 6.72. The molecule has 0 fully saturated rings. The molecule has 80 valence electrons. The molecule has 0 aliphatic rings. The third kappa shape index (κ3) is 2.48. The van der Waals surface area contributed by atoms with Crippen molar-refractivity contribution in [3.05, 3.63) is 10.2 Å². The summed E-state index contributed by atoms with van der Waals surface area (Å²) in [6, 6.07) is 0. The highest BCUT2D eigenvalue weighted by atomic mass is 79.9. The van der Waals surface area contributed by atoms with E-state index in [1.54, 1.807) is 7.05 Å². The molecule has 7 heteroatoms. The van der Waals surface area contributed by atoms with E-state index in [-0.39, 0.29) is 0 Å². The van der Waals surface area contributed by atoms with Gasteiger partial charge in [-0.05, 0) is 22.4 Å². The molecule has 14 heavy (non-hydrogen) atoms. The fourth-order valence-corrected chi connectivity index (χ4v) is 2.50. The van der Waals surface area contributed by atoms with Crippen LogP contribution in [0, 0.1) is 0 Å². The zero-order valence-corrected chi connectivity index (χ0v) is 10.6. The first-order chi connectivity index (χ1) is 6.35. The van der Waals surface area contributed by atoms with Crippen molar-refractivity contribution < 1.29 is 8.42 Å². The van der Waals surface area contributed by atoms with Crippen LogP contribution in [0.4, 0.5) is 5.82 Å². The lowest BCUT2D eigenvalue weighted by atomic mass is 10.3. The Kier molecular flexibility index (Phi) is 3.20. The molecule has 1 N–H and O–H groups in total. The first kappa shape index (κ1) is 11.5. The van der Waals surface area contributed by atoms with Crippen molar-refractivity contribution in [1.29, 1.82) is 0 Å². The molecule has 0 aliphatic heterocycles. The van der Waals surface area contributed by atoms with Gasteiger partial charge in [-0.2, -0.15) is 5.10 Å². The van der Waals surface area contributed by atoms with Crippen LogP contribution in [-0.4, -0.2) is 24.5 Å². The topological polar surface area (TPSA) is 64.0 Å². The van der Waals surface area contributed by atoms with Gasteiger partial charge in [0.2, 0.25) is 10.0 Å². The number of rotatable bonds is 3. The van der Waals surface area contributed by atoms with Crippen molar-refractivity contribution in [1.82, 2.24) is 9.78 Å². The molecule has 0 atom stereocenters. The van der Waals surface area contributed by atoms with Gasteiger partial charge in [0.25, 0.3) is 0 Å². The van der Waals surface area contributed by atoms with Gasteiger partial charge >= 0.3 is 0 Å². The summed E-state index contributed by atoms with van der Waals surface area (Å²) in [5.74, 6) is 0.462. The summed E-state index contributed by atoms with van der Waals surface area (Å²) >= 11 is 3.30. The number of aryl methyl sites for hydroxylation is 2. The molecule has 0 bridgehead atoms. The number of aromatic nitrogens is 2. The quantitative estimate of drug-likeness (QED) is 0.903. The highest BCUT2D eigenvalue weighted by Gasteiger charge is 2.15. The predicted molar refractivity (Wildman–Crippen MR) is 58.8 cm³/mol. The van der Waals surface area contributed by atoms with E-state index in [1.807, 2.05) is 6.92 Å². The van der Waals surface area contributed by atoms with Gasteiger partial charge in [-0.25, -0.2) is 8.42 Å². The van der Waals surface area contributed by atoms with Gasteiger partial charge in [-0.3, -0.25) is 9.40 Å². The Bertz CT molecular complexity index is 438. The lowest BCUT2D eigenvalue weighted by Crippen LogP contribution is -2.13. The second kappa shape index (κ2) is 3.90. The number of halogens is 1. The minimum Gasteiger partial charge on any atom is -0.267 e. The van der Waals surface area contributed by atoms with E-state index in [2.05, 4.69) is 25.8 Å². The van der Waals surface area contributed by atoms with Crippen LogP contribution in [0.25, 0.3) is 0 Å². The van der Waals surface area contributed by atoms with Crippen molar-refractivity contribution in [2.75, 3.05) is 11.0 Å². The van der Waals surface area contributed by atoms with Gasteiger partial charge in [0, 0.05) is 7.05 Å². The highest BCUT2D eigenvalue weighted by Crippen LogP contribution is 2.26. The average Bonchev–Trinajstić information content (AvgIpc) is 2.29. The molecule has 0 amide bonds. The van der Waals surface area contributed by atoms with Crippen LogP contribution in [0.3, 0.4) is 0 Å². The molecule has 0 aromatic carbocycles. The lowest BCUT2D eigenvalue weighted by Gasteiger charge is -2.03. The van der Waals surface area contributed by atoms with Gasteiger partial charge in [0.15, 0.2) is 5.82 Å². The second-order valence-electron chi connectivity index (χ2n) is 2.96. The Labute approximate surface area is 91.7 Å². The zero-order chi connectivity index (χ0) is 10.9. The van der Waals surface area contributed by atoms with Crippen LogP contribution in [-0.2, 0) is 23.5 Å². The molecule has 0 saturated carbocycles. The van der Waals surface area contributed by atoms with Gasteiger partial charge in [0.1, 0.15) is 0 Å². The van der Waals surface area contributed by atoms with E-state index >= 15 is 0 Å². The maximum absolute atomic E-state index is 11.0. The van der Waals surface area contributed by atoms with Crippen LogP contribution in [0.15, 0.2) is 4.47 Å². The van der Waals surface area contributed by atoms with E-state index in [0.717, 1.165) is 18.4 Å². The van der Waals surface area contributed by atoms with E-state index in [9.17, 15) is 8.42 Å². The fourth-order valence-electron chi connectivity index (χ4n) is 1.07. The molecular formula is C7H12BrN3O2S. The first-order valence-electron chi connectivity index (χ1n) is 4.04. The van der Waals surface area contributed by atoms with E-state index in [1.165, 1.54) is 4.68 Å². The van der Waals surface area contributed by atoms with Crippen LogP contribution in [0.2, 0.25) is 0 Å². The summed E-state index contributed by atoms with van der Waals surface area (Å²) in [4.78, 5) is 0. The summed E-state index contributed by atoms with van der Waals surface area (Å²) in [5, 5.41) is 4.16. The van der Waals surface area contributed by atoms with Crippen molar-refractivity contribution in [3.63, 3.8) is 0 Å². The Morgan fingerprint density at radius 2 is 2.14 bits per heavy atom. The molecule has 1 aromatic rings. The van der Waals surface area contributed by atoms with Gasteiger partial charge < -0.3 is 0 Å².